The van der Waals surface area contributed by atoms with Crippen molar-refractivity contribution in [2.75, 3.05) is 0 Å². The van der Waals surface area contributed by atoms with E-state index in [1.165, 1.54) is 22.8 Å². The number of allylic oxidation sites excluding steroid dienone is 2. The molecule has 0 radical (unpaired) electrons. The molecule has 0 aliphatic rings. The minimum absolute atomic E-state index is 0.0624. The topological polar surface area (TPSA) is 17.1 Å². The van der Waals surface area contributed by atoms with Crippen LogP contribution in [0.25, 0.3) is 6.08 Å². The summed E-state index contributed by atoms with van der Waals surface area (Å²) in [5.41, 5.74) is 4.80. The highest BCUT2D eigenvalue weighted by Crippen LogP contribution is 2.16. The van der Waals surface area contributed by atoms with Gasteiger partial charge in [0.05, 0.1) is 0 Å². The fourth-order valence-corrected chi connectivity index (χ4v) is 1.40. The van der Waals surface area contributed by atoms with Crippen LogP contribution in [-0.4, -0.2) is 5.78 Å². The molecule has 0 unspecified atom stereocenters. The van der Waals surface area contributed by atoms with Gasteiger partial charge in [0.2, 0.25) is 0 Å². The average Bonchev–Trinajstić information content (AvgIpc) is 2.21. The number of aryl methyl sites for hydroxylation is 3. The molecule has 0 aliphatic heterocycles. The van der Waals surface area contributed by atoms with Gasteiger partial charge in [0.25, 0.3) is 0 Å². The summed E-state index contributed by atoms with van der Waals surface area (Å²) >= 11 is 0. The molecule has 15 heavy (non-hydrogen) atoms. The predicted molar refractivity (Wildman–Crippen MR) is 64.9 cm³/mol. The summed E-state index contributed by atoms with van der Waals surface area (Å²) in [7, 11) is 0. The van der Waals surface area contributed by atoms with Crippen molar-refractivity contribution in [3.63, 3.8) is 0 Å². The van der Waals surface area contributed by atoms with Crippen LogP contribution >= 0.6 is 0 Å². The summed E-state index contributed by atoms with van der Waals surface area (Å²) in [5, 5.41) is 0. The van der Waals surface area contributed by atoms with Crippen molar-refractivity contribution in [1.29, 1.82) is 0 Å². The first-order valence-electron chi connectivity index (χ1n) is 4.97. The van der Waals surface area contributed by atoms with Crippen LogP contribution in [0.2, 0.25) is 0 Å². The van der Waals surface area contributed by atoms with Crippen LogP contribution in [0.3, 0.4) is 0 Å². The lowest BCUT2D eigenvalue weighted by molar-refractivity contribution is -0.110. The van der Waals surface area contributed by atoms with E-state index >= 15 is 0 Å². The zero-order valence-electron chi connectivity index (χ0n) is 9.50. The van der Waals surface area contributed by atoms with E-state index in [1.54, 1.807) is 6.08 Å². The van der Waals surface area contributed by atoms with Crippen molar-refractivity contribution < 1.29 is 4.79 Å². The third-order valence-corrected chi connectivity index (χ3v) is 2.51. The second-order valence-corrected chi connectivity index (χ2v) is 3.73. The Morgan fingerprint density at radius 3 is 2.33 bits per heavy atom. The Morgan fingerprint density at radius 1 is 1.13 bits per heavy atom. The van der Waals surface area contributed by atoms with Crippen LogP contribution in [0.5, 0.6) is 0 Å². The number of rotatable bonds is 3. The normalized spacial score (nSPS) is 10.6. The molecule has 1 aromatic carbocycles. The second kappa shape index (κ2) is 4.74. The first-order valence-corrected chi connectivity index (χ1v) is 4.97. The van der Waals surface area contributed by atoms with Gasteiger partial charge in [-0.1, -0.05) is 24.8 Å². The van der Waals surface area contributed by atoms with Crippen molar-refractivity contribution in [2.24, 2.45) is 0 Å². The molecule has 1 rings (SSSR count). The summed E-state index contributed by atoms with van der Waals surface area (Å²) in [6.45, 7) is 9.63. The Hall–Kier alpha value is -1.63. The molecule has 0 atom stereocenters. The third-order valence-electron chi connectivity index (χ3n) is 2.51. The molecule has 0 bridgehead atoms. The number of hydrogen-bond donors (Lipinski definition) is 0. The predicted octanol–water partition coefficient (Wildman–Crippen LogP) is 3.38. The first-order chi connectivity index (χ1) is 7.04. The van der Waals surface area contributed by atoms with E-state index in [4.69, 9.17) is 0 Å². The molecule has 0 aliphatic carbocycles. The van der Waals surface area contributed by atoms with Crippen molar-refractivity contribution in [3.05, 3.63) is 53.1 Å². The number of carbonyl (C=O) groups is 1. The quantitative estimate of drug-likeness (QED) is 0.683. The molecule has 0 heterocycles. The minimum atomic E-state index is -0.0624. The van der Waals surface area contributed by atoms with Crippen LogP contribution in [0.1, 0.15) is 22.3 Å². The second-order valence-electron chi connectivity index (χ2n) is 3.73. The van der Waals surface area contributed by atoms with Crippen LogP contribution in [0, 0.1) is 20.8 Å². The first kappa shape index (κ1) is 11.4. The minimum Gasteiger partial charge on any atom is -0.290 e. The standard InChI is InChI=1S/C14H16O/c1-5-14(15)7-6-13-9-11(3)10(2)8-12(13)4/h5-9H,1H2,2-4H3/b7-6+. The Kier molecular flexibility index (Phi) is 3.62. The summed E-state index contributed by atoms with van der Waals surface area (Å²) in [6.07, 6.45) is 4.70. The highest BCUT2D eigenvalue weighted by Gasteiger charge is 1.98. The summed E-state index contributed by atoms with van der Waals surface area (Å²) in [5.74, 6) is -0.0624. The van der Waals surface area contributed by atoms with Gasteiger partial charge < -0.3 is 0 Å². The van der Waals surface area contributed by atoms with Gasteiger partial charge in [-0.05, 0) is 55.2 Å². The molecule has 0 N–H and O–H groups in total. The van der Waals surface area contributed by atoms with Gasteiger partial charge in [-0.25, -0.2) is 0 Å². The summed E-state index contributed by atoms with van der Waals surface area (Å²) in [6, 6.07) is 4.23. The van der Waals surface area contributed by atoms with Crippen molar-refractivity contribution >= 4 is 11.9 Å². The van der Waals surface area contributed by atoms with Crippen LogP contribution in [0.15, 0.2) is 30.9 Å². The maximum atomic E-state index is 11.0. The molecule has 78 valence electrons. The number of ketones is 1. The number of carbonyl (C=O) groups excluding carboxylic acids is 1. The zero-order valence-corrected chi connectivity index (χ0v) is 9.50. The molecule has 0 amide bonds. The molecule has 0 spiro atoms. The zero-order chi connectivity index (χ0) is 11.4. The van der Waals surface area contributed by atoms with Crippen molar-refractivity contribution in [3.8, 4) is 0 Å². The van der Waals surface area contributed by atoms with Gasteiger partial charge in [0.15, 0.2) is 5.78 Å². The highest BCUT2D eigenvalue weighted by molar-refractivity contribution is 6.01. The Balaban J connectivity index is 3.05. The van der Waals surface area contributed by atoms with E-state index < -0.39 is 0 Å². The van der Waals surface area contributed by atoms with Gasteiger partial charge in [-0.15, -0.1) is 0 Å². The van der Waals surface area contributed by atoms with E-state index in [-0.39, 0.29) is 5.78 Å². The maximum Gasteiger partial charge on any atom is 0.178 e. The summed E-state index contributed by atoms with van der Waals surface area (Å²) in [4.78, 5) is 11.0. The van der Waals surface area contributed by atoms with Crippen LogP contribution in [-0.2, 0) is 4.79 Å². The fourth-order valence-electron chi connectivity index (χ4n) is 1.40. The number of benzene rings is 1. The molecular weight excluding hydrogens is 184 g/mol. The maximum absolute atomic E-state index is 11.0. The monoisotopic (exact) mass is 200 g/mol. The largest absolute Gasteiger partial charge is 0.290 e. The molecule has 0 saturated carbocycles. The lowest BCUT2D eigenvalue weighted by Crippen LogP contribution is -1.89. The molecular formula is C14H16O. The van der Waals surface area contributed by atoms with E-state index in [2.05, 4.69) is 32.6 Å². The molecule has 0 saturated heterocycles. The molecule has 0 aromatic heterocycles. The average molecular weight is 200 g/mol. The molecule has 1 aromatic rings. The smallest absolute Gasteiger partial charge is 0.178 e. The van der Waals surface area contributed by atoms with Crippen molar-refractivity contribution in [1.82, 2.24) is 0 Å². The summed E-state index contributed by atoms with van der Waals surface area (Å²) < 4.78 is 0. The number of hydrogen-bond acceptors (Lipinski definition) is 1. The van der Waals surface area contributed by atoms with E-state index in [9.17, 15) is 4.79 Å². The Bertz CT molecular complexity index is 425. The Morgan fingerprint density at radius 2 is 1.73 bits per heavy atom. The lowest BCUT2D eigenvalue weighted by atomic mass is 10.0. The third kappa shape index (κ3) is 2.91. The van der Waals surface area contributed by atoms with Gasteiger partial charge in [0, 0.05) is 0 Å². The van der Waals surface area contributed by atoms with E-state index in [1.807, 2.05) is 13.0 Å². The van der Waals surface area contributed by atoms with Crippen LogP contribution < -0.4 is 0 Å². The van der Waals surface area contributed by atoms with Gasteiger partial charge in [0.1, 0.15) is 0 Å². The van der Waals surface area contributed by atoms with Crippen LogP contribution in [0.4, 0.5) is 0 Å². The molecule has 1 nitrogen and oxygen atoms in total. The fraction of sp³-hybridized carbons (Fsp3) is 0.214. The van der Waals surface area contributed by atoms with E-state index in [0.29, 0.717) is 0 Å². The molecule has 0 fully saturated rings. The van der Waals surface area contributed by atoms with Gasteiger partial charge >= 0.3 is 0 Å². The van der Waals surface area contributed by atoms with Crippen molar-refractivity contribution in [2.45, 2.75) is 20.8 Å². The van der Waals surface area contributed by atoms with Gasteiger partial charge in [-0.3, -0.25) is 4.79 Å². The lowest BCUT2D eigenvalue weighted by Gasteiger charge is -2.05. The Labute approximate surface area is 91.1 Å². The highest BCUT2D eigenvalue weighted by atomic mass is 16.1. The SMILES string of the molecule is C=CC(=O)/C=C/c1cc(C)c(C)cc1C. The molecule has 1 heteroatoms. The van der Waals surface area contributed by atoms with E-state index in [0.717, 1.165) is 5.56 Å². The van der Waals surface area contributed by atoms with Gasteiger partial charge in [-0.2, -0.15) is 0 Å².